The Morgan fingerprint density at radius 2 is 1.95 bits per heavy atom. The van der Waals surface area contributed by atoms with Crippen LogP contribution in [0.1, 0.15) is 60.3 Å². The Morgan fingerprint density at radius 1 is 1.42 bits per heavy atom. The molecular weight excluding hydrogens is 242 g/mol. The fourth-order valence-electron chi connectivity index (χ4n) is 2.63. The second-order valence-corrected chi connectivity index (χ2v) is 7.11. The van der Waals surface area contributed by atoms with Gasteiger partial charge >= 0.3 is 5.97 Å². The van der Waals surface area contributed by atoms with Gasteiger partial charge in [0.1, 0.15) is 5.54 Å². The molecule has 1 rings (SSSR count). The van der Waals surface area contributed by atoms with Crippen molar-refractivity contribution in [2.45, 2.75) is 78.0 Å². The summed E-state index contributed by atoms with van der Waals surface area (Å²) >= 11 is 0. The molecular formula is C15H29NO3. The molecule has 1 aliphatic carbocycles. The van der Waals surface area contributed by atoms with Gasteiger partial charge in [-0.15, -0.1) is 0 Å². The predicted octanol–water partition coefficient (Wildman–Crippen LogP) is 2.81. The van der Waals surface area contributed by atoms with Gasteiger partial charge in [-0.25, -0.2) is 0 Å². The zero-order valence-electron chi connectivity index (χ0n) is 13.0. The van der Waals surface area contributed by atoms with E-state index in [1.54, 1.807) is 6.92 Å². The lowest BCUT2D eigenvalue weighted by Gasteiger charge is -2.36. The minimum absolute atomic E-state index is 0.120. The van der Waals surface area contributed by atoms with Crippen molar-refractivity contribution in [1.29, 1.82) is 0 Å². The maximum atomic E-state index is 11.4. The summed E-state index contributed by atoms with van der Waals surface area (Å²) in [5.41, 5.74) is -0.590. The van der Waals surface area contributed by atoms with Crippen molar-refractivity contribution in [3.8, 4) is 0 Å². The lowest BCUT2D eigenvalue weighted by molar-refractivity contribution is -0.149. The number of rotatable bonds is 6. The van der Waals surface area contributed by atoms with Crippen LogP contribution >= 0.6 is 0 Å². The van der Waals surface area contributed by atoms with Gasteiger partial charge in [0.15, 0.2) is 0 Å². The predicted molar refractivity (Wildman–Crippen MR) is 76.3 cm³/mol. The summed E-state index contributed by atoms with van der Waals surface area (Å²) in [6.45, 7) is 10.4. The molecule has 0 aromatic heterocycles. The van der Waals surface area contributed by atoms with Gasteiger partial charge in [-0.1, -0.05) is 13.8 Å². The third kappa shape index (κ3) is 5.11. The first-order valence-electron chi connectivity index (χ1n) is 7.27. The van der Waals surface area contributed by atoms with Crippen LogP contribution in [0.25, 0.3) is 0 Å². The Labute approximate surface area is 116 Å². The van der Waals surface area contributed by atoms with Crippen molar-refractivity contribution in [3.05, 3.63) is 0 Å². The highest BCUT2D eigenvalue weighted by atomic mass is 16.5. The fourth-order valence-corrected chi connectivity index (χ4v) is 2.63. The van der Waals surface area contributed by atoms with Crippen molar-refractivity contribution in [3.63, 3.8) is 0 Å². The average molecular weight is 271 g/mol. The van der Waals surface area contributed by atoms with Gasteiger partial charge in [-0.05, 0) is 51.9 Å². The number of aliphatic carboxylic acids is 1. The first-order chi connectivity index (χ1) is 8.65. The Kier molecular flexibility index (Phi) is 5.39. The van der Waals surface area contributed by atoms with Crippen molar-refractivity contribution >= 4 is 5.97 Å². The maximum absolute atomic E-state index is 11.4. The standard InChI is InChI=1S/C15H29NO3/c1-11(2)16-15(5,13(17)18)10-19-12-6-8-14(3,4)9-7-12/h11-12,16H,6-10H2,1-5H3,(H,17,18). The minimum atomic E-state index is -0.999. The third-order valence-electron chi connectivity index (χ3n) is 3.97. The van der Waals surface area contributed by atoms with Crippen LogP contribution in [0, 0.1) is 5.41 Å². The van der Waals surface area contributed by atoms with E-state index in [4.69, 9.17) is 4.74 Å². The molecule has 0 heterocycles. The van der Waals surface area contributed by atoms with E-state index >= 15 is 0 Å². The second kappa shape index (κ2) is 6.23. The highest BCUT2D eigenvalue weighted by Crippen LogP contribution is 2.36. The molecule has 0 radical (unpaired) electrons. The lowest BCUT2D eigenvalue weighted by atomic mass is 9.76. The number of carboxylic acids is 1. The van der Waals surface area contributed by atoms with Crippen LogP contribution in [0.5, 0.6) is 0 Å². The van der Waals surface area contributed by atoms with E-state index in [0.717, 1.165) is 25.7 Å². The summed E-state index contributed by atoms with van der Waals surface area (Å²) in [5.74, 6) is -0.850. The van der Waals surface area contributed by atoms with E-state index in [9.17, 15) is 9.90 Å². The summed E-state index contributed by atoms with van der Waals surface area (Å²) < 4.78 is 5.86. The van der Waals surface area contributed by atoms with Crippen LogP contribution in [-0.4, -0.2) is 35.4 Å². The highest BCUT2D eigenvalue weighted by molar-refractivity contribution is 5.78. The molecule has 112 valence electrons. The molecule has 0 bridgehead atoms. The molecule has 4 heteroatoms. The summed E-state index contributed by atoms with van der Waals surface area (Å²) in [4.78, 5) is 11.4. The molecule has 1 aliphatic rings. The molecule has 0 aliphatic heterocycles. The Balaban J connectivity index is 2.47. The van der Waals surface area contributed by atoms with Gasteiger partial charge < -0.3 is 9.84 Å². The molecule has 1 saturated carbocycles. The van der Waals surface area contributed by atoms with Crippen LogP contribution in [0.15, 0.2) is 0 Å². The van der Waals surface area contributed by atoms with Crippen LogP contribution in [0.4, 0.5) is 0 Å². The van der Waals surface area contributed by atoms with Crippen LogP contribution in [0.3, 0.4) is 0 Å². The summed E-state index contributed by atoms with van der Waals surface area (Å²) in [7, 11) is 0. The van der Waals surface area contributed by atoms with Crippen molar-refractivity contribution < 1.29 is 14.6 Å². The van der Waals surface area contributed by atoms with Gasteiger partial charge in [0.25, 0.3) is 0 Å². The molecule has 19 heavy (non-hydrogen) atoms. The molecule has 4 nitrogen and oxygen atoms in total. The molecule has 0 amide bonds. The number of nitrogens with one attached hydrogen (secondary N) is 1. The molecule has 0 spiro atoms. The van der Waals surface area contributed by atoms with E-state index in [2.05, 4.69) is 19.2 Å². The number of hydrogen-bond acceptors (Lipinski definition) is 3. The fraction of sp³-hybridized carbons (Fsp3) is 0.933. The smallest absolute Gasteiger partial charge is 0.326 e. The van der Waals surface area contributed by atoms with Crippen molar-refractivity contribution in [2.24, 2.45) is 5.41 Å². The number of carbonyl (C=O) groups is 1. The molecule has 1 fully saturated rings. The second-order valence-electron chi connectivity index (χ2n) is 7.11. The van der Waals surface area contributed by atoms with Crippen LogP contribution < -0.4 is 5.32 Å². The number of hydrogen-bond donors (Lipinski definition) is 2. The summed E-state index contributed by atoms with van der Waals surface area (Å²) in [6.07, 6.45) is 4.58. The number of ether oxygens (including phenoxy) is 1. The van der Waals surface area contributed by atoms with E-state index in [1.807, 2.05) is 13.8 Å². The topological polar surface area (TPSA) is 58.6 Å². The van der Waals surface area contributed by atoms with E-state index < -0.39 is 11.5 Å². The quantitative estimate of drug-likeness (QED) is 0.780. The van der Waals surface area contributed by atoms with Gasteiger partial charge in [-0.2, -0.15) is 0 Å². The minimum Gasteiger partial charge on any atom is -0.480 e. The Hall–Kier alpha value is -0.610. The molecule has 2 N–H and O–H groups in total. The van der Waals surface area contributed by atoms with Gasteiger partial charge in [0, 0.05) is 6.04 Å². The summed E-state index contributed by atoms with van der Waals surface area (Å²) in [6, 6.07) is 0.120. The normalized spacial score (nSPS) is 23.3. The third-order valence-corrected chi connectivity index (χ3v) is 3.97. The highest BCUT2D eigenvalue weighted by Gasteiger charge is 2.36. The largest absolute Gasteiger partial charge is 0.480 e. The van der Waals surface area contributed by atoms with E-state index in [-0.39, 0.29) is 18.8 Å². The summed E-state index contributed by atoms with van der Waals surface area (Å²) in [5, 5.41) is 12.4. The van der Waals surface area contributed by atoms with Gasteiger partial charge in [0.2, 0.25) is 0 Å². The molecule has 1 atom stereocenters. The SMILES string of the molecule is CC(C)NC(C)(COC1CCC(C)(C)CC1)C(=O)O. The van der Waals surface area contributed by atoms with E-state index in [1.165, 1.54) is 0 Å². The zero-order chi connectivity index (χ0) is 14.7. The molecule has 0 aromatic carbocycles. The van der Waals surface area contributed by atoms with Gasteiger partial charge in [-0.3, -0.25) is 10.1 Å². The Morgan fingerprint density at radius 3 is 2.37 bits per heavy atom. The van der Waals surface area contributed by atoms with Crippen LogP contribution in [0.2, 0.25) is 0 Å². The molecule has 0 aromatic rings. The maximum Gasteiger partial charge on any atom is 0.326 e. The molecule has 0 saturated heterocycles. The van der Waals surface area contributed by atoms with Crippen molar-refractivity contribution in [1.82, 2.24) is 5.32 Å². The zero-order valence-corrected chi connectivity index (χ0v) is 13.0. The first-order valence-corrected chi connectivity index (χ1v) is 7.27. The van der Waals surface area contributed by atoms with Crippen molar-refractivity contribution in [2.75, 3.05) is 6.61 Å². The van der Waals surface area contributed by atoms with Gasteiger partial charge in [0.05, 0.1) is 12.7 Å². The van der Waals surface area contributed by atoms with Crippen LogP contribution in [-0.2, 0) is 9.53 Å². The Bertz CT molecular complexity index is 305. The number of carboxylic acid groups (broad SMARTS) is 1. The first kappa shape index (κ1) is 16.4. The van der Waals surface area contributed by atoms with E-state index in [0.29, 0.717) is 5.41 Å². The molecule has 1 unspecified atom stereocenters. The average Bonchev–Trinajstić information content (AvgIpc) is 2.26. The monoisotopic (exact) mass is 271 g/mol. The lowest BCUT2D eigenvalue weighted by Crippen LogP contribution is -2.56.